The van der Waals surface area contributed by atoms with Crippen LogP contribution in [0.15, 0.2) is 22.8 Å². The van der Waals surface area contributed by atoms with Crippen molar-refractivity contribution in [1.29, 1.82) is 0 Å². The van der Waals surface area contributed by atoms with Gasteiger partial charge in [0.15, 0.2) is 5.76 Å². The largest absolute Gasteiger partial charge is 0.464 e. The van der Waals surface area contributed by atoms with Gasteiger partial charge in [-0.1, -0.05) is 13.8 Å². The summed E-state index contributed by atoms with van der Waals surface area (Å²) >= 11 is 0. The predicted molar refractivity (Wildman–Crippen MR) is 61.4 cm³/mol. The lowest BCUT2D eigenvalue weighted by atomic mass is 10.2. The van der Waals surface area contributed by atoms with Gasteiger partial charge in [-0.05, 0) is 25.0 Å². The van der Waals surface area contributed by atoms with E-state index in [1.165, 1.54) is 12.3 Å². The highest BCUT2D eigenvalue weighted by molar-refractivity contribution is 5.94. The summed E-state index contributed by atoms with van der Waals surface area (Å²) in [4.78, 5) is 23.0. The van der Waals surface area contributed by atoms with Gasteiger partial charge < -0.3 is 14.5 Å². The third-order valence-electron chi connectivity index (χ3n) is 2.01. The number of furan rings is 1. The third-order valence-corrected chi connectivity index (χ3v) is 2.01. The molecule has 0 saturated heterocycles. The number of hydrogen-bond acceptors (Lipinski definition) is 4. The summed E-state index contributed by atoms with van der Waals surface area (Å²) < 4.78 is 9.91. The summed E-state index contributed by atoms with van der Waals surface area (Å²) in [5, 5.41) is 2.50. The molecule has 1 N–H and O–H groups in total. The van der Waals surface area contributed by atoms with E-state index in [2.05, 4.69) is 5.32 Å². The fourth-order valence-electron chi connectivity index (χ4n) is 1.11. The van der Waals surface area contributed by atoms with Crippen molar-refractivity contribution in [2.75, 3.05) is 6.61 Å². The van der Waals surface area contributed by atoms with E-state index in [0.717, 1.165) is 0 Å². The number of esters is 1. The van der Waals surface area contributed by atoms with Gasteiger partial charge in [-0.25, -0.2) is 4.79 Å². The average molecular weight is 239 g/mol. The van der Waals surface area contributed by atoms with Gasteiger partial charge in [-0.3, -0.25) is 4.79 Å². The standard InChI is InChI=1S/C12H17NO4/c1-8(2)7-17-12(15)9(3)13-11(14)10-5-4-6-16-10/h4-6,8-9H,7H2,1-3H3,(H,13,14)/t9-/m0/s1. The molecule has 0 aliphatic carbocycles. The summed E-state index contributed by atoms with van der Waals surface area (Å²) in [7, 11) is 0. The SMILES string of the molecule is CC(C)COC(=O)[C@H](C)NC(=O)c1ccco1. The monoisotopic (exact) mass is 239 g/mol. The highest BCUT2D eigenvalue weighted by Gasteiger charge is 2.19. The van der Waals surface area contributed by atoms with Crippen LogP contribution in [0.2, 0.25) is 0 Å². The normalized spacial score (nSPS) is 12.2. The Balaban J connectivity index is 2.41. The first kappa shape index (κ1) is 13.3. The number of amides is 1. The zero-order chi connectivity index (χ0) is 12.8. The molecule has 0 aliphatic heterocycles. The quantitative estimate of drug-likeness (QED) is 0.792. The molecule has 1 aromatic rings. The maximum atomic E-state index is 11.5. The lowest BCUT2D eigenvalue weighted by Gasteiger charge is -2.13. The first-order chi connectivity index (χ1) is 8.00. The van der Waals surface area contributed by atoms with Crippen molar-refractivity contribution in [3.63, 3.8) is 0 Å². The molecular formula is C12H17NO4. The Labute approximate surface area is 100 Å². The van der Waals surface area contributed by atoms with Crippen molar-refractivity contribution in [2.24, 2.45) is 5.92 Å². The van der Waals surface area contributed by atoms with Crippen molar-refractivity contribution in [1.82, 2.24) is 5.32 Å². The van der Waals surface area contributed by atoms with Gasteiger partial charge in [0.25, 0.3) is 5.91 Å². The van der Waals surface area contributed by atoms with E-state index in [4.69, 9.17) is 9.15 Å². The smallest absolute Gasteiger partial charge is 0.328 e. The van der Waals surface area contributed by atoms with Gasteiger partial charge >= 0.3 is 5.97 Å². The predicted octanol–water partition coefficient (Wildman–Crippen LogP) is 1.60. The molecule has 17 heavy (non-hydrogen) atoms. The highest BCUT2D eigenvalue weighted by atomic mass is 16.5. The van der Waals surface area contributed by atoms with E-state index in [0.29, 0.717) is 6.61 Å². The Morgan fingerprint density at radius 3 is 2.65 bits per heavy atom. The van der Waals surface area contributed by atoms with Crippen LogP contribution >= 0.6 is 0 Å². The number of carbonyl (C=O) groups excluding carboxylic acids is 2. The Hall–Kier alpha value is -1.78. The number of hydrogen-bond donors (Lipinski definition) is 1. The van der Waals surface area contributed by atoms with E-state index in [9.17, 15) is 9.59 Å². The van der Waals surface area contributed by atoms with Crippen molar-refractivity contribution in [3.8, 4) is 0 Å². The second-order valence-electron chi connectivity index (χ2n) is 4.20. The van der Waals surface area contributed by atoms with Crippen molar-refractivity contribution < 1.29 is 18.7 Å². The van der Waals surface area contributed by atoms with Gasteiger partial charge in [0.1, 0.15) is 6.04 Å². The molecule has 5 heteroatoms. The van der Waals surface area contributed by atoms with Gasteiger partial charge in [0.05, 0.1) is 12.9 Å². The van der Waals surface area contributed by atoms with Crippen molar-refractivity contribution in [3.05, 3.63) is 24.2 Å². The fourth-order valence-corrected chi connectivity index (χ4v) is 1.11. The van der Waals surface area contributed by atoms with Crippen LogP contribution in [0, 0.1) is 5.92 Å². The molecule has 94 valence electrons. The summed E-state index contributed by atoms with van der Waals surface area (Å²) in [5.41, 5.74) is 0. The second-order valence-corrected chi connectivity index (χ2v) is 4.20. The minimum Gasteiger partial charge on any atom is -0.464 e. The molecular weight excluding hydrogens is 222 g/mol. The Morgan fingerprint density at radius 2 is 2.12 bits per heavy atom. The lowest BCUT2D eigenvalue weighted by molar-refractivity contribution is -0.146. The third kappa shape index (κ3) is 4.30. The van der Waals surface area contributed by atoms with Crippen LogP contribution in [-0.2, 0) is 9.53 Å². The van der Waals surface area contributed by atoms with Gasteiger partial charge in [0, 0.05) is 0 Å². The van der Waals surface area contributed by atoms with Crippen LogP contribution in [0.5, 0.6) is 0 Å². The molecule has 1 atom stereocenters. The van der Waals surface area contributed by atoms with Gasteiger partial charge in [0.2, 0.25) is 0 Å². The molecule has 1 amide bonds. The first-order valence-corrected chi connectivity index (χ1v) is 5.51. The summed E-state index contributed by atoms with van der Waals surface area (Å²) in [6.07, 6.45) is 1.40. The van der Waals surface area contributed by atoms with Gasteiger partial charge in [-0.15, -0.1) is 0 Å². The van der Waals surface area contributed by atoms with Crippen LogP contribution < -0.4 is 5.32 Å². The average Bonchev–Trinajstić information content (AvgIpc) is 2.78. The molecule has 1 heterocycles. The molecule has 1 rings (SSSR count). The second kappa shape index (κ2) is 6.08. The van der Waals surface area contributed by atoms with E-state index in [-0.39, 0.29) is 11.7 Å². The molecule has 0 aliphatic rings. The number of nitrogens with one attached hydrogen (secondary N) is 1. The van der Waals surface area contributed by atoms with E-state index in [1.807, 2.05) is 13.8 Å². The van der Waals surface area contributed by atoms with Crippen LogP contribution in [-0.4, -0.2) is 24.5 Å². The lowest BCUT2D eigenvalue weighted by Crippen LogP contribution is -2.39. The van der Waals surface area contributed by atoms with E-state index in [1.54, 1.807) is 13.0 Å². The van der Waals surface area contributed by atoms with Crippen LogP contribution in [0.4, 0.5) is 0 Å². The summed E-state index contributed by atoms with van der Waals surface area (Å²) in [5.74, 6) is -0.428. The first-order valence-electron chi connectivity index (χ1n) is 5.51. The molecule has 0 saturated carbocycles. The number of ether oxygens (including phenoxy) is 1. The molecule has 1 aromatic heterocycles. The minimum absolute atomic E-state index is 0.175. The summed E-state index contributed by atoms with van der Waals surface area (Å²) in [6, 6.07) is 2.45. The molecule has 5 nitrogen and oxygen atoms in total. The summed E-state index contributed by atoms with van der Waals surface area (Å²) in [6.45, 7) is 5.81. The Morgan fingerprint density at radius 1 is 1.41 bits per heavy atom. The molecule has 0 aromatic carbocycles. The maximum absolute atomic E-state index is 11.5. The molecule has 0 unspecified atom stereocenters. The zero-order valence-electron chi connectivity index (χ0n) is 10.2. The molecule has 0 bridgehead atoms. The topological polar surface area (TPSA) is 68.5 Å². The molecule has 0 spiro atoms. The highest BCUT2D eigenvalue weighted by Crippen LogP contribution is 2.01. The number of rotatable bonds is 5. The maximum Gasteiger partial charge on any atom is 0.328 e. The van der Waals surface area contributed by atoms with Crippen LogP contribution in [0.25, 0.3) is 0 Å². The van der Waals surface area contributed by atoms with Gasteiger partial charge in [-0.2, -0.15) is 0 Å². The van der Waals surface area contributed by atoms with E-state index < -0.39 is 17.9 Å². The van der Waals surface area contributed by atoms with Crippen molar-refractivity contribution >= 4 is 11.9 Å². The zero-order valence-corrected chi connectivity index (χ0v) is 10.2. The fraction of sp³-hybridized carbons (Fsp3) is 0.500. The van der Waals surface area contributed by atoms with E-state index >= 15 is 0 Å². The Kier molecular flexibility index (Phi) is 4.75. The van der Waals surface area contributed by atoms with Crippen LogP contribution in [0.1, 0.15) is 31.3 Å². The minimum atomic E-state index is -0.689. The molecule has 0 radical (unpaired) electrons. The van der Waals surface area contributed by atoms with Crippen LogP contribution in [0.3, 0.4) is 0 Å². The number of carbonyl (C=O) groups is 2. The molecule has 0 fully saturated rings. The Bertz CT molecular complexity index is 370. The van der Waals surface area contributed by atoms with Crippen molar-refractivity contribution in [2.45, 2.75) is 26.8 Å².